The second-order valence-electron chi connectivity index (χ2n) is 6.79. The van der Waals surface area contributed by atoms with Crippen LogP contribution in [0.25, 0.3) is 28.1 Å². The lowest BCUT2D eigenvalue weighted by molar-refractivity contribution is -0.0311. The number of fused-ring (bicyclic) bond motifs is 1. The third kappa shape index (κ3) is 2.87. The van der Waals surface area contributed by atoms with Crippen molar-refractivity contribution < 1.29 is 9.53 Å². The van der Waals surface area contributed by atoms with Gasteiger partial charge in [0.25, 0.3) is 0 Å². The Morgan fingerprint density at radius 2 is 2.14 bits per heavy atom. The maximum absolute atomic E-state index is 11.0. The molecule has 1 unspecified atom stereocenters. The zero-order valence-electron chi connectivity index (χ0n) is 15.1. The van der Waals surface area contributed by atoms with Crippen LogP contribution >= 0.6 is 0 Å². The van der Waals surface area contributed by atoms with Crippen LogP contribution in [0.4, 0.5) is 0 Å². The molecular formula is C20H18N6O2. The maximum Gasteiger partial charge on any atom is 0.165 e. The van der Waals surface area contributed by atoms with Crippen LogP contribution < -0.4 is 0 Å². The van der Waals surface area contributed by atoms with E-state index in [0.717, 1.165) is 54.6 Å². The number of hydrogen-bond acceptors (Lipinski definition) is 6. The molecule has 1 aliphatic rings. The molecule has 8 nitrogen and oxygen atoms in total. The number of hydrogen-bond donors (Lipinski definition) is 0. The molecule has 0 amide bonds. The number of benzene rings is 1. The van der Waals surface area contributed by atoms with Gasteiger partial charge in [-0.3, -0.25) is 9.36 Å². The molecule has 0 spiro atoms. The van der Waals surface area contributed by atoms with E-state index in [0.29, 0.717) is 11.2 Å². The summed E-state index contributed by atoms with van der Waals surface area (Å²) in [5.74, 6) is 0.765. The molecule has 3 aromatic heterocycles. The smallest absolute Gasteiger partial charge is 0.165 e. The molecule has 0 N–H and O–H groups in total. The summed E-state index contributed by atoms with van der Waals surface area (Å²) in [6.07, 6.45) is 8.92. The van der Waals surface area contributed by atoms with Gasteiger partial charge >= 0.3 is 0 Å². The standard InChI is InChI=1S/C20H18N6O2/c27-12-14-8-16-11-23-26(19(16)21-10-14)17-5-3-4-15(9-17)20-24-22-13-25(20)18-6-1-2-7-28-18/h3-5,8-13,18H,1-2,6-7H2. The lowest BCUT2D eigenvalue weighted by Crippen LogP contribution is -2.18. The van der Waals surface area contributed by atoms with Crippen LogP contribution in [0, 0.1) is 0 Å². The Labute approximate surface area is 160 Å². The summed E-state index contributed by atoms with van der Waals surface area (Å²) < 4.78 is 9.64. The predicted molar refractivity (Wildman–Crippen MR) is 102 cm³/mol. The van der Waals surface area contributed by atoms with Gasteiger partial charge < -0.3 is 4.74 Å². The van der Waals surface area contributed by atoms with E-state index in [2.05, 4.69) is 20.3 Å². The van der Waals surface area contributed by atoms with E-state index < -0.39 is 0 Å². The fourth-order valence-corrected chi connectivity index (χ4v) is 3.57. The quantitative estimate of drug-likeness (QED) is 0.510. The molecule has 1 aromatic carbocycles. The van der Waals surface area contributed by atoms with E-state index in [9.17, 15) is 4.79 Å². The van der Waals surface area contributed by atoms with Crippen molar-refractivity contribution in [3.63, 3.8) is 0 Å². The van der Waals surface area contributed by atoms with Crippen molar-refractivity contribution in [3.05, 3.63) is 54.6 Å². The molecule has 1 aliphatic heterocycles. The number of carbonyl (C=O) groups excluding carboxylic acids is 1. The van der Waals surface area contributed by atoms with Crippen LogP contribution in [0.2, 0.25) is 0 Å². The first-order valence-corrected chi connectivity index (χ1v) is 9.24. The van der Waals surface area contributed by atoms with Gasteiger partial charge in [-0.25, -0.2) is 9.67 Å². The van der Waals surface area contributed by atoms with Gasteiger partial charge in [-0.15, -0.1) is 10.2 Å². The fourth-order valence-electron chi connectivity index (χ4n) is 3.57. The Balaban J connectivity index is 1.55. The van der Waals surface area contributed by atoms with Crippen LogP contribution in [0.1, 0.15) is 35.8 Å². The number of carbonyl (C=O) groups is 1. The Morgan fingerprint density at radius 3 is 3.00 bits per heavy atom. The first-order chi connectivity index (χ1) is 13.8. The zero-order chi connectivity index (χ0) is 18.9. The van der Waals surface area contributed by atoms with Crippen molar-refractivity contribution in [2.75, 3.05) is 6.61 Å². The van der Waals surface area contributed by atoms with Crippen LogP contribution in [0.3, 0.4) is 0 Å². The number of pyridine rings is 1. The summed E-state index contributed by atoms with van der Waals surface area (Å²) in [6.45, 7) is 0.760. The van der Waals surface area contributed by atoms with Gasteiger partial charge in [-0.1, -0.05) is 12.1 Å². The Morgan fingerprint density at radius 1 is 1.18 bits per heavy atom. The second-order valence-corrected chi connectivity index (χ2v) is 6.79. The molecule has 4 heterocycles. The first kappa shape index (κ1) is 16.8. The molecule has 1 saturated heterocycles. The van der Waals surface area contributed by atoms with E-state index in [1.165, 1.54) is 0 Å². The van der Waals surface area contributed by atoms with E-state index in [1.54, 1.807) is 29.5 Å². The molecular weight excluding hydrogens is 356 g/mol. The molecule has 0 saturated carbocycles. The molecule has 1 fully saturated rings. The van der Waals surface area contributed by atoms with Crippen molar-refractivity contribution in [2.24, 2.45) is 0 Å². The summed E-state index contributed by atoms with van der Waals surface area (Å²) >= 11 is 0. The molecule has 8 heteroatoms. The Hall–Kier alpha value is -3.39. The number of ether oxygens (including phenoxy) is 1. The topological polar surface area (TPSA) is 87.7 Å². The molecule has 0 radical (unpaired) electrons. The third-order valence-electron chi connectivity index (χ3n) is 4.95. The number of aromatic nitrogens is 6. The van der Waals surface area contributed by atoms with Crippen LogP contribution in [-0.4, -0.2) is 42.4 Å². The van der Waals surface area contributed by atoms with E-state index in [1.807, 2.05) is 28.8 Å². The van der Waals surface area contributed by atoms with Gasteiger partial charge in [-0.2, -0.15) is 5.10 Å². The Kier molecular flexibility index (Phi) is 4.17. The lowest BCUT2D eigenvalue weighted by Gasteiger charge is -2.24. The fraction of sp³-hybridized carbons (Fsp3) is 0.250. The lowest BCUT2D eigenvalue weighted by atomic mass is 10.1. The minimum absolute atomic E-state index is 0.0311. The predicted octanol–water partition coefficient (Wildman–Crippen LogP) is 3.19. The highest BCUT2D eigenvalue weighted by molar-refractivity contribution is 5.84. The third-order valence-corrected chi connectivity index (χ3v) is 4.95. The van der Waals surface area contributed by atoms with Gasteiger partial charge in [0.15, 0.2) is 17.8 Å². The molecule has 0 aliphatic carbocycles. The highest BCUT2D eigenvalue weighted by Gasteiger charge is 2.20. The summed E-state index contributed by atoms with van der Waals surface area (Å²) in [7, 11) is 0. The molecule has 5 rings (SSSR count). The second kappa shape index (κ2) is 6.97. The van der Waals surface area contributed by atoms with E-state index in [4.69, 9.17) is 4.74 Å². The number of nitrogens with zero attached hydrogens (tertiary/aromatic N) is 6. The zero-order valence-corrected chi connectivity index (χ0v) is 15.1. The number of aldehydes is 1. The monoisotopic (exact) mass is 374 g/mol. The van der Waals surface area contributed by atoms with Crippen LogP contribution in [0.5, 0.6) is 0 Å². The van der Waals surface area contributed by atoms with Gasteiger partial charge in [0.2, 0.25) is 0 Å². The summed E-state index contributed by atoms with van der Waals surface area (Å²) in [5, 5.41) is 13.7. The largest absolute Gasteiger partial charge is 0.358 e. The molecule has 0 bridgehead atoms. The Bertz CT molecular complexity index is 1140. The molecule has 28 heavy (non-hydrogen) atoms. The van der Waals surface area contributed by atoms with Gasteiger partial charge in [0.1, 0.15) is 12.6 Å². The van der Waals surface area contributed by atoms with Crippen LogP contribution in [-0.2, 0) is 4.74 Å². The van der Waals surface area contributed by atoms with Crippen molar-refractivity contribution in [3.8, 4) is 17.1 Å². The molecule has 4 aromatic rings. The van der Waals surface area contributed by atoms with E-state index in [-0.39, 0.29) is 6.23 Å². The average molecular weight is 374 g/mol. The average Bonchev–Trinajstić information content (AvgIpc) is 3.41. The minimum Gasteiger partial charge on any atom is -0.358 e. The summed E-state index contributed by atoms with van der Waals surface area (Å²) in [5.41, 5.74) is 3.01. The van der Waals surface area contributed by atoms with Crippen LogP contribution in [0.15, 0.2) is 49.1 Å². The molecule has 140 valence electrons. The van der Waals surface area contributed by atoms with Gasteiger partial charge in [0.05, 0.1) is 11.9 Å². The highest BCUT2D eigenvalue weighted by atomic mass is 16.5. The number of rotatable bonds is 4. The van der Waals surface area contributed by atoms with Crippen molar-refractivity contribution >= 4 is 17.3 Å². The van der Waals surface area contributed by atoms with Crippen molar-refractivity contribution in [1.29, 1.82) is 0 Å². The minimum atomic E-state index is -0.0311. The summed E-state index contributed by atoms with van der Waals surface area (Å²) in [6, 6.07) is 9.70. The van der Waals surface area contributed by atoms with Crippen molar-refractivity contribution in [1.82, 2.24) is 29.5 Å². The summed E-state index contributed by atoms with van der Waals surface area (Å²) in [4.78, 5) is 15.4. The normalized spacial score (nSPS) is 17.1. The van der Waals surface area contributed by atoms with Gasteiger partial charge in [-0.05, 0) is 37.5 Å². The first-order valence-electron chi connectivity index (χ1n) is 9.24. The highest BCUT2D eigenvalue weighted by Crippen LogP contribution is 2.28. The maximum atomic E-state index is 11.0. The SMILES string of the molecule is O=Cc1cnc2c(cnn2-c2cccc(-c3nncn3C3CCCCO3)c2)c1. The van der Waals surface area contributed by atoms with Gasteiger partial charge in [0, 0.05) is 29.3 Å². The van der Waals surface area contributed by atoms with Crippen molar-refractivity contribution in [2.45, 2.75) is 25.5 Å². The molecule has 1 atom stereocenters. The van der Waals surface area contributed by atoms with E-state index >= 15 is 0 Å².